The van der Waals surface area contributed by atoms with E-state index in [1.165, 1.54) is 4.90 Å². The summed E-state index contributed by atoms with van der Waals surface area (Å²) in [5.74, 6) is -1.32. The maximum absolute atomic E-state index is 12.3. The molecule has 0 spiro atoms. The van der Waals surface area contributed by atoms with Gasteiger partial charge in [-0.2, -0.15) is 0 Å². The highest BCUT2D eigenvalue weighted by Crippen LogP contribution is 2.22. The summed E-state index contributed by atoms with van der Waals surface area (Å²) in [6.07, 6.45) is 3.28. The summed E-state index contributed by atoms with van der Waals surface area (Å²) in [7, 11) is 1.56. The number of aryl methyl sites for hydroxylation is 1. The zero-order chi connectivity index (χ0) is 14.7. The predicted octanol–water partition coefficient (Wildman–Crippen LogP) is 1.78. The first-order valence-corrected chi connectivity index (χ1v) is 6.09. The van der Waals surface area contributed by atoms with Crippen LogP contribution >= 0.6 is 0 Å². The van der Waals surface area contributed by atoms with E-state index >= 15 is 0 Å². The lowest BCUT2D eigenvalue weighted by atomic mass is 10.1. The van der Waals surface area contributed by atoms with E-state index in [1.807, 2.05) is 6.92 Å². The Bertz CT molecular complexity index is 653. The molecule has 0 aliphatic rings. The first kappa shape index (κ1) is 13.7. The number of nitrogens with zero attached hydrogens (tertiary/aromatic N) is 1. The molecule has 2 rings (SSSR count). The van der Waals surface area contributed by atoms with Crippen LogP contribution in [0.4, 0.5) is 5.69 Å². The van der Waals surface area contributed by atoms with Crippen molar-refractivity contribution in [3.63, 3.8) is 0 Å². The minimum atomic E-state index is -1.05. The molecule has 1 amide bonds. The molecule has 0 aliphatic heterocycles. The Balaban J connectivity index is 2.41. The number of aromatic amines is 1. The summed E-state index contributed by atoms with van der Waals surface area (Å²) < 4.78 is 0. The number of hydrogen-bond acceptors (Lipinski definition) is 2. The first-order chi connectivity index (χ1) is 9.50. The number of carboxylic acids is 1. The van der Waals surface area contributed by atoms with Gasteiger partial charge in [0.15, 0.2) is 12.4 Å². The highest BCUT2D eigenvalue weighted by Gasteiger charge is 2.20. The molecule has 0 atom stereocenters. The number of H-pyrrole nitrogens is 1. The summed E-state index contributed by atoms with van der Waals surface area (Å²) in [4.78, 5) is 27.8. The van der Waals surface area contributed by atoms with Gasteiger partial charge in [-0.15, -0.1) is 0 Å². The molecule has 1 aromatic heterocycles. The lowest BCUT2D eigenvalue weighted by Gasteiger charge is -2.19. The van der Waals surface area contributed by atoms with Gasteiger partial charge in [0.2, 0.25) is 0 Å². The highest BCUT2D eigenvalue weighted by atomic mass is 16.4. The number of carbonyl (C=O) groups is 2. The standard InChI is InChI=1S/C15H14N2O3/c1-10-5-6-13(12(8-10)15(19)20)17(2)14(18)11-4-3-7-16-9-11/h3-9H,1-2H3,(H,19,20)/p+1. The van der Waals surface area contributed by atoms with Crippen LogP contribution in [0.15, 0.2) is 42.7 Å². The fourth-order valence-corrected chi connectivity index (χ4v) is 1.94. The lowest BCUT2D eigenvalue weighted by Crippen LogP contribution is -2.28. The van der Waals surface area contributed by atoms with Crippen molar-refractivity contribution in [2.75, 3.05) is 11.9 Å². The third kappa shape index (κ3) is 2.66. The average Bonchev–Trinajstić information content (AvgIpc) is 2.46. The molecular formula is C15H15N2O3+. The van der Waals surface area contributed by atoms with Crippen LogP contribution < -0.4 is 9.88 Å². The molecule has 5 heteroatoms. The van der Waals surface area contributed by atoms with E-state index in [-0.39, 0.29) is 11.5 Å². The Morgan fingerprint density at radius 1 is 1.25 bits per heavy atom. The SMILES string of the molecule is Cc1ccc(N(C)C(=O)c2ccc[nH+]c2)c(C(=O)O)c1. The number of benzene rings is 1. The minimum Gasteiger partial charge on any atom is -0.478 e. The fourth-order valence-electron chi connectivity index (χ4n) is 1.94. The van der Waals surface area contributed by atoms with Crippen molar-refractivity contribution in [1.29, 1.82) is 0 Å². The topological polar surface area (TPSA) is 71.8 Å². The number of carbonyl (C=O) groups excluding carboxylic acids is 1. The van der Waals surface area contributed by atoms with E-state index in [2.05, 4.69) is 4.98 Å². The largest absolute Gasteiger partial charge is 0.478 e. The number of aromatic carboxylic acids is 1. The second kappa shape index (κ2) is 5.52. The van der Waals surface area contributed by atoms with Gasteiger partial charge in [0.1, 0.15) is 5.56 Å². The Morgan fingerprint density at radius 3 is 2.60 bits per heavy atom. The summed E-state index contributed by atoms with van der Waals surface area (Å²) in [6.45, 7) is 1.81. The van der Waals surface area contributed by atoms with E-state index in [9.17, 15) is 14.7 Å². The van der Waals surface area contributed by atoms with Crippen molar-refractivity contribution in [2.24, 2.45) is 0 Å². The van der Waals surface area contributed by atoms with Crippen LogP contribution in [0.3, 0.4) is 0 Å². The number of aromatic nitrogens is 1. The summed E-state index contributed by atoms with van der Waals surface area (Å²) in [5, 5.41) is 9.25. The molecule has 20 heavy (non-hydrogen) atoms. The Hall–Kier alpha value is -2.69. The summed E-state index contributed by atoms with van der Waals surface area (Å²) in [6, 6.07) is 8.36. The summed E-state index contributed by atoms with van der Waals surface area (Å²) in [5.41, 5.74) is 1.78. The van der Waals surface area contributed by atoms with Gasteiger partial charge in [-0.25, -0.2) is 9.78 Å². The molecule has 0 radical (unpaired) electrons. The third-order valence-electron chi connectivity index (χ3n) is 3.00. The third-order valence-corrected chi connectivity index (χ3v) is 3.00. The van der Waals surface area contributed by atoms with Gasteiger partial charge in [-0.1, -0.05) is 11.6 Å². The molecule has 0 unspecified atom stereocenters. The second-order valence-electron chi connectivity index (χ2n) is 4.48. The van der Waals surface area contributed by atoms with E-state index in [1.54, 1.807) is 49.8 Å². The number of rotatable bonds is 3. The molecule has 2 aromatic rings. The fraction of sp³-hybridized carbons (Fsp3) is 0.133. The molecule has 0 aliphatic carbocycles. The molecule has 5 nitrogen and oxygen atoms in total. The number of carboxylic acid groups (broad SMARTS) is 1. The van der Waals surface area contributed by atoms with E-state index in [0.717, 1.165) is 5.56 Å². The number of nitrogens with one attached hydrogen (secondary N) is 1. The van der Waals surface area contributed by atoms with E-state index in [4.69, 9.17) is 0 Å². The Kier molecular flexibility index (Phi) is 3.79. The van der Waals surface area contributed by atoms with Crippen molar-refractivity contribution in [1.82, 2.24) is 0 Å². The molecule has 0 fully saturated rings. The Morgan fingerprint density at radius 2 is 2.00 bits per heavy atom. The van der Waals surface area contributed by atoms with Crippen LogP contribution in [0.1, 0.15) is 26.3 Å². The first-order valence-electron chi connectivity index (χ1n) is 6.09. The predicted molar refractivity (Wildman–Crippen MR) is 73.9 cm³/mol. The van der Waals surface area contributed by atoms with Crippen molar-refractivity contribution in [3.8, 4) is 0 Å². The van der Waals surface area contributed by atoms with Crippen LogP contribution in [0.25, 0.3) is 0 Å². The van der Waals surface area contributed by atoms with Gasteiger partial charge in [0, 0.05) is 13.1 Å². The van der Waals surface area contributed by atoms with Gasteiger partial charge in [0.25, 0.3) is 5.91 Å². The molecule has 0 saturated carbocycles. The monoisotopic (exact) mass is 271 g/mol. The van der Waals surface area contributed by atoms with Gasteiger partial charge < -0.3 is 10.0 Å². The molecule has 0 saturated heterocycles. The maximum Gasteiger partial charge on any atom is 0.337 e. The van der Waals surface area contributed by atoms with Crippen molar-refractivity contribution in [3.05, 3.63) is 59.4 Å². The number of hydrogen-bond donors (Lipinski definition) is 1. The molecule has 1 heterocycles. The van der Waals surface area contributed by atoms with Crippen LogP contribution in [-0.2, 0) is 0 Å². The number of pyridine rings is 1. The summed E-state index contributed by atoms with van der Waals surface area (Å²) >= 11 is 0. The molecule has 2 N–H and O–H groups in total. The number of amides is 1. The van der Waals surface area contributed by atoms with E-state index < -0.39 is 5.97 Å². The lowest BCUT2D eigenvalue weighted by molar-refractivity contribution is -0.378. The van der Waals surface area contributed by atoms with Crippen LogP contribution in [0, 0.1) is 6.92 Å². The molecule has 1 aromatic carbocycles. The van der Waals surface area contributed by atoms with E-state index in [0.29, 0.717) is 11.3 Å². The van der Waals surface area contributed by atoms with Crippen LogP contribution in [0.2, 0.25) is 0 Å². The molecule has 0 bridgehead atoms. The zero-order valence-electron chi connectivity index (χ0n) is 11.3. The minimum absolute atomic E-state index is 0.112. The normalized spacial score (nSPS) is 10.1. The number of anilines is 1. The van der Waals surface area contributed by atoms with Crippen molar-refractivity contribution in [2.45, 2.75) is 6.92 Å². The van der Waals surface area contributed by atoms with Crippen LogP contribution in [0.5, 0.6) is 0 Å². The van der Waals surface area contributed by atoms with Crippen molar-refractivity contribution < 1.29 is 19.7 Å². The average molecular weight is 271 g/mol. The second-order valence-corrected chi connectivity index (χ2v) is 4.48. The van der Waals surface area contributed by atoms with Gasteiger partial charge >= 0.3 is 5.97 Å². The highest BCUT2D eigenvalue weighted by molar-refractivity contribution is 6.08. The quantitative estimate of drug-likeness (QED) is 0.925. The maximum atomic E-state index is 12.3. The molecular weight excluding hydrogens is 256 g/mol. The smallest absolute Gasteiger partial charge is 0.337 e. The van der Waals surface area contributed by atoms with Gasteiger partial charge in [-0.05, 0) is 25.1 Å². The van der Waals surface area contributed by atoms with Crippen molar-refractivity contribution >= 4 is 17.6 Å². The zero-order valence-corrected chi connectivity index (χ0v) is 11.3. The molecule has 102 valence electrons. The van der Waals surface area contributed by atoms with Crippen LogP contribution in [-0.4, -0.2) is 24.0 Å². The van der Waals surface area contributed by atoms with Gasteiger partial charge in [-0.3, -0.25) is 4.79 Å². The van der Waals surface area contributed by atoms with Gasteiger partial charge in [0.05, 0.1) is 11.3 Å². The Labute approximate surface area is 116 Å².